The molecular formula is C10H9BrF4N2O. The van der Waals surface area contributed by atoms with E-state index in [4.69, 9.17) is 5.73 Å². The number of rotatable bonds is 2. The van der Waals surface area contributed by atoms with Gasteiger partial charge in [0.15, 0.2) is 0 Å². The first kappa shape index (κ1) is 14.7. The highest BCUT2D eigenvalue weighted by Crippen LogP contribution is 2.25. The summed E-state index contributed by atoms with van der Waals surface area (Å²) in [5.74, 6) is -1.65. The molecule has 1 aromatic carbocycles. The van der Waals surface area contributed by atoms with E-state index in [0.717, 1.165) is 19.2 Å². The molecule has 0 saturated heterocycles. The highest BCUT2D eigenvalue weighted by atomic mass is 79.9. The van der Waals surface area contributed by atoms with Gasteiger partial charge in [0, 0.05) is 11.5 Å². The highest BCUT2D eigenvalue weighted by molar-refractivity contribution is 9.10. The van der Waals surface area contributed by atoms with Crippen molar-refractivity contribution in [2.45, 2.75) is 6.18 Å². The molecule has 0 aliphatic heterocycles. The van der Waals surface area contributed by atoms with E-state index in [1.165, 1.54) is 0 Å². The molecule has 0 bridgehead atoms. The average Bonchev–Trinajstić information content (AvgIpc) is 2.20. The third-order valence-corrected chi connectivity index (χ3v) is 2.74. The quantitative estimate of drug-likeness (QED) is 0.670. The van der Waals surface area contributed by atoms with Gasteiger partial charge in [-0.05, 0) is 28.1 Å². The lowest BCUT2D eigenvalue weighted by Gasteiger charge is -2.19. The van der Waals surface area contributed by atoms with Crippen molar-refractivity contribution in [3.63, 3.8) is 0 Å². The van der Waals surface area contributed by atoms with Crippen molar-refractivity contribution in [1.82, 2.24) is 4.90 Å². The van der Waals surface area contributed by atoms with Gasteiger partial charge in [-0.25, -0.2) is 4.39 Å². The first-order chi connectivity index (χ1) is 8.11. The van der Waals surface area contributed by atoms with E-state index >= 15 is 0 Å². The van der Waals surface area contributed by atoms with Gasteiger partial charge in [-0.15, -0.1) is 0 Å². The summed E-state index contributed by atoms with van der Waals surface area (Å²) in [6.07, 6.45) is -4.50. The Morgan fingerprint density at radius 2 is 2.00 bits per heavy atom. The molecule has 0 saturated carbocycles. The van der Waals surface area contributed by atoms with Gasteiger partial charge in [0.05, 0.1) is 11.3 Å². The summed E-state index contributed by atoms with van der Waals surface area (Å²) in [7, 11) is 1.00. The number of nitrogens with two attached hydrogens (primary N) is 1. The summed E-state index contributed by atoms with van der Waals surface area (Å²) in [5.41, 5.74) is 4.84. The van der Waals surface area contributed by atoms with Crippen LogP contribution >= 0.6 is 15.9 Å². The van der Waals surface area contributed by atoms with E-state index in [2.05, 4.69) is 15.9 Å². The topological polar surface area (TPSA) is 46.3 Å². The highest BCUT2D eigenvalue weighted by Gasteiger charge is 2.32. The normalized spacial score (nSPS) is 11.4. The molecule has 1 rings (SSSR count). The van der Waals surface area contributed by atoms with Crippen LogP contribution < -0.4 is 5.73 Å². The number of carbonyl (C=O) groups excluding carboxylic acids is 1. The number of amides is 1. The third kappa shape index (κ3) is 3.59. The Bertz CT molecular complexity index is 476. The van der Waals surface area contributed by atoms with Crippen LogP contribution in [0.2, 0.25) is 0 Å². The Morgan fingerprint density at radius 3 is 2.50 bits per heavy atom. The molecule has 0 atom stereocenters. The molecule has 0 aliphatic carbocycles. The van der Waals surface area contributed by atoms with Crippen LogP contribution in [0.1, 0.15) is 10.4 Å². The number of halogens is 5. The molecule has 0 aromatic heterocycles. The third-order valence-electron chi connectivity index (χ3n) is 2.08. The Labute approximate surface area is 109 Å². The molecule has 2 N–H and O–H groups in total. The number of hydrogen-bond acceptors (Lipinski definition) is 2. The Balaban J connectivity index is 3.01. The maximum absolute atomic E-state index is 13.0. The molecule has 1 aromatic rings. The zero-order chi connectivity index (χ0) is 14.1. The van der Waals surface area contributed by atoms with E-state index in [0.29, 0.717) is 4.90 Å². The smallest absolute Gasteiger partial charge is 0.396 e. The first-order valence-electron chi connectivity index (χ1n) is 4.68. The number of alkyl halides is 3. The number of nitrogen functional groups attached to an aromatic ring is 1. The SMILES string of the molecule is CN(CC(F)(F)F)C(=O)c1cc(N)c(F)cc1Br. The van der Waals surface area contributed by atoms with Crippen molar-refractivity contribution in [1.29, 1.82) is 0 Å². The molecule has 0 heterocycles. The fourth-order valence-corrected chi connectivity index (χ4v) is 1.76. The van der Waals surface area contributed by atoms with Gasteiger partial charge in [-0.1, -0.05) is 0 Å². The molecule has 3 nitrogen and oxygen atoms in total. The average molecular weight is 329 g/mol. The van der Waals surface area contributed by atoms with Crippen molar-refractivity contribution in [2.75, 3.05) is 19.3 Å². The van der Waals surface area contributed by atoms with Crippen molar-refractivity contribution < 1.29 is 22.4 Å². The van der Waals surface area contributed by atoms with Gasteiger partial charge >= 0.3 is 6.18 Å². The number of carbonyl (C=O) groups is 1. The van der Waals surface area contributed by atoms with E-state index in [1.54, 1.807) is 0 Å². The fraction of sp³-hybridized carbons (Fsp3) is 0.300. The molecule has 0 spiro atoms. The summed E-state index contributed by atoms with van der Waals surface area (Å²) < 4.78 is 49.5. The molecule has 18 heavy (non-hydrogen) atoms. The van der Waals surface area contributed by atoms with Gasteiger partial charge in [0.2, 0.25) is 0 Å². The van der Waals surface area contributed by atoms with Crippen molar-refractivity contribution in [3.8, 4) is 0 Å². The second-order valence-corrected chi connectivity index (χ2v) is 4.48. The Kier molecular flexibility index (Phi) is 4.20. The lowest BCUT2D eigenvalue weighted by atomic mass is 10.1. The molecular weight excluding hydrogens is 320 g/mol. The number of hydrogen-bond donors (Lipinski definition) is 1. The molecule has 0 radical (unpaired) electrons. The zero-order valence-corrected chi connectivity index (χ0v) is 10.8. The second kappa shape index (κ2) is 5.13. The monoisotopic (exact) mass is 328 g/mol. The summed E-state index contributed by atoms with van der Waals surface area (Å²) in [5, 5.41) is 0. The van der Waals surface area contributed by atoms with Crippen LogP contribution in [0.3, 0.4) is 0 Å². The summed E-state index contributed by atoms with van der Waals surface area (Å²) in [4.78, 5) is 12.2. The maximum Gasteiger partial charge on any atom is 0.406 e. The first-order valence-corrected chi connectivity index (χ1v) is 5.48. The largest absolute Gasteiger partial charge is 0.406 e. The molecule has 0 fully saturated rings. The number of benzene rings is 1. The van der Waals surface area contributed by atoms with Crippen LogP contribution in [0.4, 0.5) is 23.2 Å². The van der Waals surface area contributed by atoms with E-state index in [1.807, 2.05) is 0 Å². The number of anilines is 1. The van der Waals surface area contributed by atoms with Crippen LogP contribution in [0.15, 0.2) is 16.6 Å². The summed E-state index contributed by atoms with van der Waals surface area (Å²) >= 11 is 2.91. The lowest BCUT2D eigenvalue weighted by Crippen LogP contribution is -2.36. The van der Waals surface area contributed by atoms with Gasteiger partial charge in [0.1, 0.15) is 12.4 Å². The van der Waals surface area contributed by atoms with Crippen molar-refractivity contribution >= 4 is 27.5 Å². The van der Waals surface area contributed by atoms with Crippen LogP contribution in [-0.2, 0) is 0 Å². The predicted molar refractivity (Wildman–Crippen MR) is 61.5 cm³/mol. The fourth-order valence-electron chi connectivity index (χ4n) is 1.28. The van der Waals surface area contributed by atoms with Crippen molar-refractivity contribution in [2.24, 2.45) is 0 Å². The Morgan fingerprint density at radius 1 is 1.44 bits per heavy atom. The zero-order valence-electron chi connectivity index (χ0n) is 9.18. The Hall–Kier alpha value is -1.31. The van der Waals surface area contributed by atoms with Crippen LogP contribution in [0, 0.1) is 5.82 Å². The van der Waals surface area contributed by atoms with E-state index < -0.39 is 24.4 Å². The minimum absolute atomic E-state index is 0.0493. The molecule has 0 unspecified atom stereocenters. The second-order valence-electron chi connectivity index (χ2n) is 3.63. The summed E-state index contributed by atoms with van der Waals surface area (Å²) in [6, 6.07) is 1.93. The number of nitrogens with zero attached hydrogens (tertiary/aromatic N) is 1. The van der Waals surface area contributed by atoms with E-state index in [-0.39, 0.29) is 15.7 Å². The minimum Gasteiger partial charge on any atom is -0.396 e. The van der Waals surface area contributed by atoms with Crippen LogP contribution in [-0.4, -0.2) is 30.6 Å². The maximum atomic E-state index is 13.0. The lowest BCUT2D eigenvalue weighted by molar-refractivity contribution is -0.138. The molecule has 1 amide bonds. The van der Waals surface area contributed by atoms with E-state index in [9.17, 15) is 22.4 Å². The van der Waals surface area contributed by atoms with Gasteiger partial charge in [-0.2, -0.15) is 13.2 Å². The molecule has 0 aliphatic rings. The standard InChI is InChI=1S/C10H9BrF4N2O/c1-17(4-10(13,14)15)9(18)5-2-8(16)7(12)3-6(5)11/h2-3H,4,16H2,1H3. The summed E-state index contributed by atoms with van der Waals surface area (Å²) in [6.45, 7) is -1.39. The molecule has 8 heteroatoms. The molecule has 100 valence electrons. The van der Waals surface area contributed by atoms with Crippen LogP contribution in [0.25, 0.3) is 0 Å². The van der Waals surface area contributed by atoms with Gasteiger partial charge in [-0.3, -0.25) is 4.79 Å². The van der Waals surface area contributed by atoms with Gasteiger partial charge < -0.3 is 10.6 Å². The van der Waals surface area contributed by atoms with Crippen LogP contribution in [0.5, 0.6) is 0 Å². The van der Waals surface area contributed by atoms with Crippen molar-refractivity contribution in [3.05, 3.63) is 28.0 Å². The van der Waals surface area contributed by atoms with Gasteiger partial charge in [0.25, 0.3) is 5.91 Å². The minimum atomic E-state index is -4.50. The predicted octanol–water partition coefficient (Wildman–Crippen LogP) is 2.80.